The molecule has 0 aromatic heterocycles. The van der Waals surface area contributed by atoms with E-state index in [1.165, 1.54) is 24.3 Å². The van der Waals surface area contributed by atoms with E-state index < -0.39 is 5.60 Å². The minimum atomic E-state index is -0.742. The molecule has 6 heteroatoms. The molecule has 130 valence electrons. The molecular formula is C18H23FN2O3. The molecule has 1 unspecified atom stereocenters. The van der Waals surface area contributed by atoms with Crippen molar-refractivity contribution in [2.75, 3.05) is 19.6 Å². The third-order valence-corrected chi connectivity index (χ3v) is 5.05. The number of rotatable bonds is 4. The molecule has 0 radical (unpaired) electrons. The highest BCUT2D eigenvalue weighted by Gasteiger charge is 2.36. The topological polar surface area (TPSA) is 69.6 Å². The van der Waals surface area contributed by atoms with Crippen LogP contribution in [0, 0.1) is 11.7 Å². The van der Waals surface area contributed by atoms with E-state index in [1.807, 2.05) is 0 Å². The first-order chi connectivity index (χ1) is 11.5. The van der Waals surface area contributed by atoms with E-state index in [0.29, 0.717) is 18.7 Å². The largest absolute Gasteiger partial charge is 0.388 e. The van der Waals surface area contributed by atoms with Crippen LogP contribution in [-0.2, 0) is 4.79 Å². The van der Waals surface area contributed by atoms with Crippen molar-refractivity contribution in [1.29, 1.82) is 0 Å². The summed E-state index contributed by atoms with van der Waals surface area (Å²) < 4.78 is 13.0. The van der Waals surface area contributed by atoms with Crippen molar-refractivity contribution < 1.29 is 19.1 Å². The number of benzene rings is 1. The molecule has 0 spiro atoms. The van der Waals surface area contributed by atoms with Crippen LogP contribution in [0.2, 0.25) is 0 Å². The fraction of sp³-hybridized carbons (Fsp3) is 0.556. The predicted octanol–water partition coefficient (Wildman–Crippen LogP) is 1.71. The van der Waals surface area contributed by atoms with Gasteiger partial charge in [-0.3, -0.25) is 9.59 Å². The Labute approximate surface area is 140 Å². The molecular weight excluding hydrogens is 311 g/mol. The summed E-state index contributed by atoms with van der Waals surface area (Å²) >= 11 is 0. The quantitative estimate of drug-likeness (QED) is 0.881. The number of carbonyl (C=O) groups excluding carboxylic acids is 2. The zero-order valence-electron chi connectivity index (χ0n) is 13.6. The van der Waals surface area contributed by atoms with Gasteiger partial charge in [-0.15, -0.1) is 0 Å². The molecule has 0 bridgehead atoms. The summed E-state index contributed by atoms with van der Waals surface area (Å²) in [5.74, 6) is -0.916. The molecule has 24 heavy (non-hydrogen) atoms. The molecule has 1 aliphatic carbocycles. The Balaban J connectivity index is 1.56. The van der Waals surface area contributed by atoms with E-state index in [2.05, 4.69) is 5.32 Å². The van der Waals surface area contributed by atoms with Crippen molar-refractivity contribution in [2.24, 2.45) is 5.92 Å². The maximum atomic E-state index is 13.0. The Morgan fingerprint density at radius 3 is 2.58 bits per heavy atom. The molecule has 1 saturated carbocycles. The van der Waals surface area contributed by atoms with E-state index >= 15 is 0 Å². The lowest BCUT2D eigenvalue weighted by Crippen LogP contribution is -2.51. The van der Waals surface area contributed by atoms with Crippen LogP contribution in [0.25, 0.3) is 0 Å². The lowest BCUT2D eigenvalue weighted by molar-refractivity contribution is -0.128. The highest BCUT2D eigenvalue weighted by molar-refractivity contribution is 5.94. The normalized spacial score (nSPS) is 22.6. The molecule has 1 saturated heterocycles. The molecule has 1 heterocycles. The lowest BCUT2D eigenvalue weighted by Gasteiger charge is -2.37. The summed E-state index contributed by atoms with van der Waals surface area (Å²) in [5, 5.41) is 12.9. The Kier molecular flexibility index (Phi) is 4.85. The number of aliphatic hydroxyl groups is 1. The second-order valence-corrected chi connectivity index (χ2v) is 6.89. The van der Waals surface area contributed by atoms with Gasteiger partial charge in [0.2, 0.25) is 5.91 Å². The highest BCUT2D eigenvalue weighted by atomic mass is 19.1. The minimum Gasteiger partial charge on any atom is -0.388 e. The summed E-state index contributed by atoms with van der Waals surface area (Å²) in [6.07, 6.45) is 3.95. The molecule has 2 amide bonds. The number of nitrogens with one attached hydrogen (secondary N) is 1. The van der Waals surface area contributed by atoms with Gasteiger partial charge in [-0.1, -0.05) is 0 Å². The Hall–Kier alpha value is -1.95. The van der Waals surface area contributed by atoms with E-state index in [4.69, 9.17) is 0 Å². The Bertz CT molecular complexity index is 613. The van der Waals surface area contributed by atoms with Crippen LogP contribution in [0.5, 0.6) is 0 Å². The number of amides is 2. The van der Waals surface area contributed by atoms with E-state index in [0.717, 1.165) is 32.1 Å². The van der Waals surface area contributed by atoms with Crippen LogP contribution in [0.15, 0.2) is 24.3 Å². The van der Waals surface area contributed by atoms with Gasteiger partial charge < -0.3 is 15.3 Å². The third-order valence-electron chi connectivity index (χ3n) is 5.05. The molecule has 2 fully saturated rings. The monoisotopic (exact) mass is 334 g/mol. The number of piperidine rings is 1. The zero-order valence-corrected chi connectivity index (χ0v) is 13.6. The Morgan fingerprint density at radius 1 is 1.25 bits per heavy atom. The molecule has 1 aromatic rings. The number of likely N-dealkylation sites (tertiary alicyclic amines) is 1. The van der Waals surface area contributed by atoms with Gasteiger partial charge in [-0.2, -0.15) is 0 Å². The van der Waals surface area contributed by atoms with Crippen LogP contribution >= 0.6 is 0 Å². The van der Waals surface area contributed by atoms with Crippen LogP contribution in [0.3, 0.4) is 0 Å². The van der Waals surface area contributed by atoms with E-state index in [1.54, 1.807) is 4.90 Å². The summed E-state index contributed by atoms with van der Waals surface area (Å²) in [6.45, 7) is 1.25. The van der Waals surface area contributed by atoms with E-state index in [-0.39, 0.29) is 30.1 Å². The van der Waals surface area contributed by atoms with Crippen molar-refractivity contribution in [1.82, 2.24) is 10.2 Å². The average Bonchev–Trinajstić information content (AvgIpc) is 2.58. The van der Waals surface area contributed by atoms with E-state index in [9.17, 15) is 19.1 Å². The van der Waals surface area contributed by atoms with Gasteiger partial charge in [0.05, 0.1) is 11.5 Å². The summed E-state index contributed by atoms with van der Waals surface area (Å²) in [4.78, 5) is 26.5. The second-order valence-electron chi connectivity index (χ2n) is 6.89. The maximum absolute atomic E-state index is 13.0. The van der Waals surface area contributed by atoms with Crippen molar-refractivity contribution in [3.8, 4) is 0 Å². The van der Waals surface area contributed by atoms with Crippen LogP contribution < -0.4 is 5.32 Å². The van der Waals surface area contributed by atoms with Crippen molar-refractivity contribution in [2.45, 2.75) is 37.7 Å². The first-order valence-corrected chi connectivity index (χ1v) is 8.52. The van der Waals surface area contributed by atoms with Crippen LogP contribution in [0.4, 0.5) is 4.39 Å². The summed E-state index contributed by atoms with van der Waals surface area (Å²) in [7, 11) is 0. The number of halogens is 1. The minimum absolute atomic E-state index is 0.105. The number of nitrogens with zero attached hydrogens (tertiary/aromatic N) is 1. The average molecular weight is 334 g/mol. The SMILES string of the molecule is O=C(NCC1(O)CCC1)C1CCCN(C(=O)c2ccc(F)cc2)C1. The van der Waals surface area contributed by atoms with Crippen molar-refractivity contribution in [3.05, 3.63) is 35.6 Å². The van der Waals surface area contributed by atoms with Gasteiger partial charge in [-0.25, -0.2) is 4.39 Å². The standard InChI is InChI=1S/C18H23FN2O3/c19-15-6-4-13(5-7-15)17(23)21-10-1-3-14(11-21)16(22)20-12-18(24)8-2-9-18/h4-7,14,24H,1-3,8-12H2,(H,20,22). The fourth-order valence-electron chi connectivity index (χ4n) is 3.31. The zero-order chi connectivity index (χ0) is 17.2. The van der Waals surface area contributed by atoms with Crippen LogP contribution in [0.1, 0.15) is 42.5 Å². The number of hydrogen-bond acceptors (Lipinski definition) is 3. The molecule has 5 nitrogen and oxygen atoms in total. The van der Waals surface area contributed by atoms with Gasteiger partial charge in [0, 0.05) is 25.2 Å². The van der Waals surface area contributed by atoms with Gasteiger partial charge >= 0.3 is 0 Å². The van der Waals surface area contributed by atoms with Gasteiger partial charge in [0.15, 0.2) is 0 Å². The number of carbonyl (C=O) groups is 2. The smallest absolute Gasteiger partial charge is 0.253 e. The first-order valence-electron chi connectivity index (χ1n) is 8.52. The number of hydrogen-bond donors (Lipinski definition) is 2. The maximum Gasteiger partial charge on any atom is 0.253 e. The summed E-state index contributed by atoms with van der Waals surface area (Å²) in [5.41, 5.74) is -0.310. The molecule has 3 rings (SSSR count). The van der Waals surface area contributed by atoms with Crippen molar-refractivity contribution in [3.63, 3.8) is 0 Å². The molecule has 2 aliphatic rings. The van der Waals surface area contributed by atoms with Crippen molar-refractivity contribution >= 4 is 11.8 Å². The molecule has 1 aliphatic heterocycles. The summed E-state index contributed by atoms with van der Waals surface area (Å²) in [6, 6.07) is 5.46. The predicted molar refractivity (Wildman–Crippen MR) is 86.8 cm³/mol. The third kappa shape index (κ3) is 3.75. The second kappa shape index (κ2) is 6.89. The first kappa shape index (κ1) is 16.9. The van der Waals surface area contributed by atoms with Gasteiger partial charge in [0.1, 0.15) is 5.82 Å². The van der Waals surface area contributed by atoms with Gasteiger partial charge in [0.25, 0.3) is 5.91 Å². The van der Waals surface area contributed by atoms with Crippen LogP contribution in [-0.4, -0.2) is 47.1 Å². The molecule has 2 N–H and O–H groups in total. The highest BCUT2D eigenvalue weighted by Crippen LogP contribution is 2.30. The molecule has 1 atom stereocenters. The van der Waals surface area contributed by atoms with Gasteiger partial charge in [-0.05, 0) is 56.4 Å². The molecule has 1 aromatic carbocycles. The fourth-order valence-corrected chi connectivity index (χ4v) is 3.31. The Morgan fingerprint density at radius 2 is 1.96 bits per heavy atom. The lowest BCUT2D eigenvalue weighted by atomic mass is 9.80.